The van der Waals surface area contributed by atoms with Gasteiger partial charge in [-0.15, -0.1) is 0 Å². The molecule has 2 fully saturated rings. The van der Waals surface area contributed by atoms with Gasteiger partial charge in [-0.05, 0) is 63.3 Å². The highest BCUT2D eigenvalue weighted by atomic mass is 16.5. The monoisotopic (exact) mass is 423 g/mol. The number of morpholine rings is 1. The third-order valence-corrected chi connectivity index (χ3v) is 5.99. The van der Waals surface area contributed by atoms with Gasteiger partial charge in [0.25, 0.3) is 5.91 Å². The van der Waals surface area contributed by atoms with Gasteiger partial charge in [-0.2, -0.15) is 0 Å². The summed E-state index contributed by atoms with van der Waals surface area (Å²) < 4.78 is 11.9. The van der Waals surface area contributed by atoms with Crippen molar-refractivity contribution >= 4 is 5.91 Å². The van der Waals surface area contributed by atoms with Crippen LogP contribution in [-0.2, 0) is 17.8 Å². The fourth-order valence-electron chi connectivity index (χ4n) is 4.54. The van der Waals surface area contributed by atoms with E-state index in [2.05, 4.69) is 29.0 Å². The Hall–Kier alpha value is -2.44. The summed E-state index contributed by atoms with van der Waals surface area (Å²) in [5, 5.41) is 3.01. The van der Waals surface area contributed by atoms with Crippen LogP contribution < -0.4 is 10.1 Å². The predicted octanol–water partition coefficient (Wildman–Crippen LogP) is 3.94. The number of hydrogen-bond acceptors (Lipinski definition) is 5. The Balaban J connectivity index is 1.31. The van der Waals surface area contributed by atoms with Gasteiger partial charge in [0.15, 0.2) is 0 Å². The molecule has 2 heterocycles. The molecule has 2 aromatic rings. The van der Waals surface area contributed by atoms with E-state index in [0.717, 1.165) is 38.0 Å². The number of nitrogens with one attached hydrogen (secondary N) is 1. The Morgan fingerprint density at radius 1 is 1.13 bits per heavy atom. The highest BCUT2D eigenvalue weighted by Gasteiger charge is 2.22. The number of carbonyl (C=O) groups excluding carboxylic acids is 1. The topological polar surface area (TPSA) is 63.7 Å². The van der Waals surface area contributed by atoms with Crippen LogP contribution in [0.4, 0.5) is 0 Å². The zero-order valence-electron chi connectivity index (χ0n) is 18.5. The molecule has 1 N–H and O–H groups in total. The SMILES string of the molecule is C[C@H]1CN(Cc2ccc(C(=O)NCc3cccnc3OC3CCCC3)cc2)C[C@H](C)O1. The lowest BCUT2D eigenvalue weighted by Crippen LogP contribution is -2.44. The molecule has 4 rings (SSSR count). The zero-order valence-corrected chi connectivity index (χ0v) is 18.5. The second-order valence-corrected chi connectivity index (χ2v) is 8.82. The minimum absolute atomic E-state index is 0.0872. The number of hydrogen-bond donors (Lipinski definition) is 1. The van der Waals surface area contributed by atoms with Gasteiger partial charge in [-0.1, -0.05) is 18.2 Å². The molecule has 1 aliphatic heterocycles. The summed E-state index contributed by atoms with van der Waals surface area (Å²) in [5.74, 6) is 0.551. The molecule has 1 aromatic carbocycles. The van der Waals surface area contributed by atoms with Crippen molar-refractivity contribution in [2.75, 3.05) is 13.1 Å². The molecule has 0 radical (unpaired) electrons. The molecule has 2 atom stereocenters. The summed E-state index contributed by atoms with van der Waals surface area (Å²) in [6.07, 6.45) is 7.08. The second-order valence-electron chi connectivity index (χ2n) is 8.82. The van der Waals surface area contributed by atoms with Crippen LogP contribution in [0.2, 0.25) is 0 Å². The van der Waals surface area contributed by atoms with Gasteiger partial charge in [-0.25, -0.2) is 4.98 Å². The Morgan fingerprint density at radius 2 is 1.84 bits per heavy atom. The van der Waals surface area contributed by atoms with E-state index < -0.39 is 0 Å². The fraction of sp³-hybridized carbons (Fsp3) is 0.520. The summed E-state index contributed by atoms with van der Waals surface area (Å²) in [6, 6.07) is 11.7. The summed E-state index contributed by atoms with van der Waals surface area (Å²) in [7, 11) is 0. The maximum Gasteiger partial charge on any atom is 0.251 e. The van der Waals surface area contributed by atoms with Crippen molar-refractivity contribution in [3.05, 3.63) is 59.3 Å². The molecule has 2 aliphatic rings. The van der Waals surface area contributed by atoms with E-state index in [1.54, 1.807) is 6.20 Å². The molecule has 6 nitrogen and oxygen atoms in total. The molecule has 1 aromatic heterocycles. The van der Waals surface area contributed by atoms with Gasteiger partial charge in [0.2, 0.25) is 5.88 Å². The van der Waals surface area contributed by atoms with E-state index in [0.29, 0.717) is 18.0 Å². The van der Waals surface area contributed by atoms with Crippen molar-refractivity contribution in [3.8, 4) is 5.88 Å². The Morgan fingerprint density at radius 3 is 2.55 bits per heavy atom. The zero-order chi connectivity index (χ0) is 21.6. The van der Waals surface area contributed by atoms with E-state index in [4.69, 9.17) is 9.47 Å². The van der Waals surface area contributed by atoms with Crippen LogP contribution in [0.15, 0.2) is 42.6 Å². The quantitative estimate of drug-likeness (QED) is 0.731. The van der Waals surface area contributed by atoms with Crippen LogP contribution >= 0.6 is 0 Å². The minimum atomic E-state index is -0.0872. The number of benzene rings is 1. The number of carbonyl (C=O) groups is 1. The molecule has 0 bridgehead atoms. The molecule has 166 valence electrons. The highest BCUT2D eigenvalue weighted by Crippen LogP contribution is 2.25. The van der Waals surface area contributed by atoms with E-state index in [-0.39, 0.29) is 24.2 Å². The van der Waals surface area contributed by atoms with Crippen LogP contribution in [-0.4, -0.2) is 47.2 Å². The van der Waals surface area contributed by atoms with Gasteiger partial charge in [0, 0.05) is 43.5 Å². The number of nitrogens with zero attached hydrogens (tertiary/aromatic N) is 2. The summed E-state index contributed by atoms with van der Waals surface area (Å²) >= 11 is 0. The Kier molecular flexibility index (Phi) is 7.20. The number of rotatable bonds is 7. The number of ether oxygens (including phenoxy) is 2. The van der Waals surface area contributed by atoms with Crippen molar-refractivity contribution in [2.24, 2.45) is 0 Å². The standard InChI is InChI=1S/C25H33N3O3/c1-18-15-28(16-19(2)30-18)17-20-9-11-21(12-10-20)24(29)27-14-22-6-5-13-26-25(22)31-23-7-3-4-8-23/h5-6,9-13,18-19,23H,3-4,7-8,14-17H2,1-2H3,(H,27,29)/t18-,19-/m0/s1. The molecule has 31 heavy (non-hydrogen) atoms. The number of amides is 1. The molecule has 1 amide bonds. The summed E-state index contributed by atoms with van der Waals surface area (Å²) in [5.41, 5.74) is 2.78. The molecule has 0 unspecified atom stereocenters. The van der Waals surface area contributed by atoms with Crippen LogP contribution in [0.25, 0.3) is 0 Å². The van der Waals surface area contributed by atoms with Crippen LogP contribution in [0.3, 0.4) is 0 Å². The Labute approximate surface area is 185 Å². The summed E-state index contributed by atoms with van der Waals surface area (Å²) in [6.45, 7) is 7.37. The molecule has 0 spiro atoms. The third kappa shape index (κ3) is 6.05. The van der Waals surface area contributed by atoms with Crippen molar-refractivity contribution in [1.29, 1.82) is 0 Å². The first-order valence-electron chi connectivity index (χ1n) is 11.4. The molecule has 6 heteroatoms. The first-order valence-corrected chi connectivity index (χ1v) is 11.4. The number of aromatic nitrogens is 1. The van der Waals surface area contributed by atoms with Crippen molar-refractivity contribution in [1.82, 2.24) is 15.2 Å². The lowest BCUT2D eigenvalue weighted by Gasteiger charge is -2.35. The van der Waals surface area contributed by atoms with E-state index >= 15 is 0 Å². The van der Waals surface area contributed by atoms with Crippen LogP contribution in [0.5, 0.6) is 5.88 Å². The lowest BCUT2D eigenvalue weighted by molar-refractivity contribution is -0.0704. The van der Waals surface area contributed by atoms with Crippen LogP contribution in [0.1, 0.15) is 61.0 Å². The first-order chi connectivity index (χ1) is 15.1. The Bertz CT molecular complexity index is 855. The molecule has 1 saturated carbocycles. The van der Waals surface area contributed by atoms with Crippen molar-refractivity contribution < 1.29 is 14.3 Å². The maximum atomic E-state index is 12.7. The second kappa shape index (κ2) is 10.2. The molecule has 1 aliphatic carbocycles. The van der Waals surface area contributed by atoms with Gasteiger partial charge in [-0.3, -0.25) is 9.69 Å². The number of pyridine rings is 1. The van der Waals surface area contributed by atoms with Gasteiger partial charge in [0.05, 0.1) is 12.2 Å². The molecular weight excluding hydrogens is 390 g/mol. The summed E-state index contributed by atoms with van der Waals surface area (Å²) in [4.78, 5) is 19.5. The average molecular weight is 424 g/mol. The van der Waals surface area contributed by atoms with Gasteiger partial charge >= 0.3 is 0 Å². The lowest BCUT2D eigenvalue weighted by atomic mass is 10.1. The normalized spacial score (nSPS) is 22.4. The predicted molar refractivity (Wildman–Crippen MR) is 120 cm³/mol. The largest absolute Gasteiger partial charge is 0.474 e. The average Bonchev–Trinajstić information content (AvgIpc) is 3.26. The van der Waals surface area contributed by atoms with Crippen molar-refractivity contribution in [3.63, 3.8) is 0 Å². The fourth-order valence-corrected chi connectivity index (χ4v) is 4.54. The maximum absolute atomic E-state index is 12.7. The van der Waals surface area contributed by atoms with Crippen molar-refractivity contribution in [2.45, 2.75) is 70.9 Å². The molecule has 1 saturated heterocycles. The minimum Gasteiger partial charge on any atom is -0.474 e. The van der Waals surface area contributed by atoms with Gasteiger partial charge in [0.1, 0.15) is 6.10 Å². The smallest absolute Gasteiger partial charge is 0.251 e. The van der Waals surface area contributed by atoms with Crippen LogP contribution in [0, 0.1) is 0 Å². The van der Waals surface area contributed by atoms with E-state index in [1.165, 1.54) is 18.4 Å². The van der Waals surface area contributed by atoms with E-state index in [9.17, 15) is 4.79 Å². The molecular formula is C25H33N3O3. The van der Waals surface area contributed by atoms with E-state index in [1.807, 2.05) is 36.4 Å². The van der Waals surface area contributed by atoms with Gasteiger partial charge < -0.3 is 14.8 Å². The first kappa shape index (κ1) is 21.8. The highest BCUT2D eigenvalue weighted by molar-refractivity contribution is 5.94. The third-order valence-electron chi connectivity index (χ3n) is 5.99.